The summed E-state index contributed by atoms with van der Waals surface area (Å²) < 4.78 is 6.84. The molecule has 2 rings (SSSR count). The normalized spacial score (nSPS) is 10.7. The van der Waals surface area contributed by atoms with Gasteiger partial charge in [0.15, 0.2) is 0 Å². The van der Waals surface area contributed by atoms with Crippen LogP contribution in [0.3, 0.4) is 0 Å². The fourth-order valence-electron chi connectivity index (χ4n) is 1.78. The number of carbonyl (C=O) groups excluding carboxylic acids is 1. The van der Waals surface area contributed by atoms with Gasteiger partial charge in [-0.3, -0.25) is 4.79 Å². The van der Waals surface area contributed by atoms with Crippen LogP contribution < -0.4 is 10.2 Å². The smallest absolute Gasteiger partial charge is 0.271 e. The van der Waals surface area contributed by atoms with Crippen molar-refractivity contribution in [2.75, 3.05) is 7.11 Å². The Morgan fingerprint density at radius 1 is 1.18 bits per heavy atom. The molecule has 0 fully saturated rings. The summed E-state index contributed by atoms with van der Waals surface area (Å²) in [4.78, 5) is 11.9. The number of hydrazone groups is 1. The number of nitrogens with zero attached hydrogens (tertiary/aromatic N) is 1. The lowest BCUT2D eigenvalue weighted by Crippen LogP contribution is -2.17. The van der Waals surface area contributed by atoms with Crippen LogP contribution in [0.1, 0.15) is 21.5 Å². The van der Waals surface area contributed by atoms with E-state index in [4.69, 9.17) is 4.74 Å². The third kappa shape index (κ3) is 4.18. The minimum atomic E-state index is -0.247. The van der Waals surface area contributed by atoms with Crippen molar-refractivity contribution in [3.05, 3.63) is 62.0 Å². The van der Waals surface area contributed by atoms with Crippen molar-refractivity contribution in [2.45, 2.75) is 6.92 Å². The molecular formula is C16H14Br2N2O2. The van der Waals surface area contributed by atoms with Crippen molar-refractivity contribution in [1.82, 2.24) is 5.43 Å². The number of rotatable bonds is 4. The fourth-order valence-corrected chi connectivity index (χ4v) is 3.33. The molecule has 0 bridgehead atoms. The highest BCUT2D eigenvalue weighted by atomic mass is 79.9. The second kappa shape index (κ2) is 7.56. The summed E-state index contributed by atoms with van der Waals surface area (Å²) in [7, 11) is 1.60. The van der Waals surface area contributed by atoms with E-state index in [1.54, 1.807) is 25.5 Å². The van der Waals surface area contributed by atoms with Crippen LogP contribution in [0, 0.1) is 6.92 Å². The molecule has 1 N–H and O–H groups in total. The van der Waals surface area contributed by atoms with Crippen molar-refractivity contribution >= 4 is 44.0 Å². The van der Waals surface area contributed by atoms with Crippen molar-refractivity contribution in [1.29, 1.82) is 0 Å². The molecule has 2 aromatic rings. The average molecular weight is 426 g/mol. The number of methoxy groups -OCH3 is 1. The Labute approximate surface area is 145 Å². The molecule has 4 nitrogen and oxygen atoms in total. The van der Waals surface area contributed by atoms with Crippen LogP contribution >= 0.6 is 31.9 Å². The van der Waals surface area contributed by atoms with Gasteiger partial charge >= 0.3 is 0 Å². The first-order chi connectivity index (χ1) is 10.5. The topological polar surface area (TPSA) is 50.7 Å². The lowest BCUT2D eigenvalue weighted by molar-refractivity contribution is 0.0955. The summed E-state index contributed by atoms with van der Waals surface area (Å²) in [6.45, 7) is 1.97. The van der Waals surface area contributed by atoms with Gasteiger partial charge < -0.3 is 4.74 Å². The number of carbonyl (C=O) groups is 1. The molecule has 0 unspecified atom stereocenters. The first-order valence-corrected chi connectivity index (χ1v) is 8.03. The van der Waals surface area contributed by atoms with Gasteiger partial charge in [0.25, 0.3) is 5.91 Å². The van der Waals surface area contributed by atoms with Gasteiger partial charge in [-0.1, -0.05) is 17.7 Å². The maximum atomic E-state index is 11.9. The molecule has 0 saturated carbocycles. The third-order valence-corrected chi connectivity index (χ3v) is 4.10. The van der Waals surface area contributed by atoms with Gasteiger partial charge in [-0.05, 0) is 68.6 Å². The van der Waals surface area contributed by atoms with Crippen LogP contribution in [0.15, 0.2) is 50.4 Å². The van der Waals surface area contributed by atoms with Crippen LogP contribution in [-0.2, 0) is 0 Å². The summed E-state index contributed by atoms with van der Waals surface area (Å²) in [5.74, 6) is 0.462. The molecule has 1 amide bonds. The van der Waals surface area contributed by atoms with Crippen LogP contribution in [-0.4, -0.2) is 19.2 Å². The van der Waals surface area contributed by atoms with Crippen LogP contribution in [0.2, 0.25) is 0 Å². The van der Waals surface area contributed by atoms with Gasteiger partial charge in [-0.15, -0.1) is 0 Å². The molecule has 0 aromatic heterocycles. The summed E-state index contributed by atoms with van der Waals surface area (Å²) in [6.07, 6.45) is 1.57. The maximum absolute atomic E-state index is 11.9. The number of aryl methyl sites for hydroxylation is 1. The highest BCUT2D eigenvalue weighted by Crippen LogP contribution is 2.33. The molecule has 22 heavy (non-hydrogen) atoms. The van der Waals surface area contributed by atoms with E-state index in [9.17, 15) is 4.79 Å². The van der Waals surface area contributed by atoms with Gasteiger partial charge in [0, 0.05) is 5.56 Å². The zero-order valence-electron chi connectivity index (χ0n) is 12.1. The Hall–Kier alpha value is -1.66. The Morgan fingerprint density at radius 3 is 2.32 bits per heavy atom. The second-order valence-corrected chi connectivity index (χ2v) is 6.29. The predicted octanol–water partition coefficient (Wildman–Crippen LogP) is 4.29. The molecule has 6 heteroatoms. The molecule has 0 spiro atoms. The minimum absolute atomic E-state index is 0.247. The summed E-state index contributed by atoms with van der Waals surface area (Å²) in [5, 5.41) is 3.97. The lowest BCUT2D eigenvalue weighted by Gasteiger charge is -2.06. The molecule has 0 heterocycles. The van der Waals surface area contributed by atoms with Crippen molar-refractivity contribution in [2.24, 2.45) is 5.10 Å². The molecule has 0 atom stereocenters. The minimum Gasteiger partial charge on any atom is -0.494 e. The van der Waals surface area contributed by atoms with Crippen molar-refractivity contribution in [3.8, 4) is 5.75 Å². The number of nitrogens with one attached hydrogen (secondary N) is 1. The number of hydrogen-bond donors (Lipinski definition) is 1. The summed E-state index contributed by atoms with van der Waals surface area (Å²) in [6, 6.07) is 11.0. The molecule has 114 valence electrons. The fraction of sp³-hybridized carbons (Fsp3) is 0.125. The highest BCUT2D eigenvalue weighted by Gasteiger charge is 2.07. The molecule has 0 aliphatic heterocycles. The molecule has 0 saturated heterocycles. The third-order valence-electron chi connectivity index (χ3n) is 2.92. The first-order valence-electron chi connectivity index (χ1n) is 6.44. The second-order valence-electron chi connectivity index (χ2n) is 4.58. The summed E-state index contributed by atoms with van der Waals surface area (Å²) in [5.41, 5.74) is 5.00. The Morgan fingerprint density at radius 2 is 1.77 bits per heavy atom. The number of ether oxygens (including phenoxy) is 1. The van der Waals surface area contributed by atoms with Crippen LogP contribution in [0.4, 0.5) is 0 Å². The number of amides is 1. The monoisotopic (exact) mass is 424 g/mol. The Bertz CT molecular complexity index is 690. The standard InChI is InChI=1S/C16H14Br2N2O2/c1-10-3-5-12(6-4-10)16(21)20-19-9-11-7-13(17)15(22-2)14(18)8-11/h3-9H,1-2H3,(H,20,21)/b19-9-. The zero-order valence-corrected chi connectivity index (χ0v) is 15.2. The van der Waals surface area contributed by atoms with E-state index in [0.29, 0.717) is 11.3 Å². The van der Waals surface area contributed by atoms with Crippen molar-refractivity contribution in [3.63, 3.8) is 0 Å². The number of benzene rings is 2. The van der Waals surface area contributed by atoms with E-state index in [2.05, 4.69) is 42.4 Å². The number of halogens is 2. The molecule has 0 aliphatic rings. The molecule has 0 aliphatic carbocycles. The van der Waals surface area contributed by atoms with Crippen molar-refractivity contribution < 1.29 is 9.53 Å². The van der Waals surface area contributed by atoms with E-state index >= 15 is 0 Å². The quantitative estimate of drug-likeness (QED) is 0.586. The van der Waals surface area contributed by atoms with E-state index in [-0.39, 0.29) is 5.91 Å². The Kier molecular flexibility index (Phi) is 5.74. The van der Waals surface area contributed by atoms with Crippen LogP contribution in [0.5, 0.6) is 5.75 Å². The van der Waals surface area contributed by atoms with Gasteiger partial charge in [-0.25, -0.2) is 5.43 Å². The SMILES string of the molecule is COc1c(Br)cc(/C=N\NC(=O)c2ccc(C)cc2)cc1Br. The largest absolute Gasteiger partial charge is 0.494 e. The molecular weight excluding hydrogens is 412 g/mol. The maximum Gasteiger partial charge on any atom is 0.271 e. The van der Waals surface area contributed by atoms with E-state index < -0.39 is 0 Å². The Balaban J connectivity index is 2.06. The highest BCUT2D eigenvalue weighted by molar-refractivity contribution is 9.11. The lowest BCUT2D eigenvalue weighted by atomic mass is 10.1. The van der Waals surface area contributed by atoms with E-state index in [1.165, 1.54) is 0 Å². The molecule has 2 aromatic carbocycles. The first kappa shape index (κ1) is 16.7. The van der Waals surface area contributed by atoms with Gasteiger partial charge in [0.1, 0.15) is 5.75 Å². The number of hydrogen-bond acceptors (Lipinski definition) is 3. The zero-order chi connectivity index (χ0) is 16.1. The molecule has 0 radical (unpaired) electrons. The van der Waals surface area contributed by atoms with Gasteiger partial charge in [0.2, 0.25) is 0 Å². The van der Waals surface area contributed by atoms with Gasteiger partial charge in [0.05, 0.1) is 22.3 Å². The average Bonchev–Trinajstić information content (AvgIpc) is 2.47. The summed E-state index contributed by atoms with van der Waals surface area (Å²) >= 11 is 6.84. The van der Waals surface area contributed by atoms with Crippen LogP contribution in [0.25, 0.3) is 0 Å². The van der Waals surface area contributed by atoms with E-state index in [0.717, 1.165) is 20.1 Å². The predicted molar refractivity (Wildman–Crippen MR) is 94.6 cm³/mol. The van der Waals surface area contributed by atoms with Gasteiger partial charge in [-0.2, -0.15) is 5.10 Å². The van der Waals surface area contributed by atoms with E-state index in [1.807, 2.05) is 31.2 Å².